The summed E-state index contributed by atoms with van der Waals surface area (Å²) in [5, 5.41) is 25.5. The second kappa shape index (κ2) is 10.8. The van der Waals surface area contributed by atoms with Crippen LogP contribution in [0, 0.1) is 5.41 Å². The number of sulfonamides is 1. The summed E-state index contributed by atoms with van der Waals surface area (Å²) in [4.78, 5) is 18.0. The van der Waals surface area contributed by atoms with Crippen LogP contribution in [0.15, 0.2) is 30.3 Å². The Balaban J connectivity index is 1.44. The molecule has 0 aromatic heterocycles. The number of rotatable bonds is 10. The Morgan fingerprint density at radius 2 is 1.75 bits per heavy atom. The first-order valence-corrected chi connectivity index (χ1v) is 15.7. The van der Waals surface area contributed by atoms with Crippen LogP contribution in [0.3, 0.4) is 0 Å². The van der Waals surface area contributed by atoms with Crippen molar-refractivity contribution >= 4 is 44.4 Å². The maximum atomic E-state index is 13.7. The van der Waals surface area contributed by atoms with Crippen LogP contribution in [0.1, 0.15) is 55.5 Å². The molecule has 1 spiro atoms. The van der Waals surface area contributed by atoms with Gasteiger partial charge in [0.1, 0.15) is 0 Å². The molecule has 0 radical (unpaired) electrons. The van der Waals surface area contributed by atoms with E-state index >= 15 is 0 Å². The van der Waals surface area contributed by atoms with E-state index in [1.165, 1.54) is 12.8 Å². The zero-order chi connectivity index (χ0) is 28.7. The van der Waals surface area contributed by atoms with Crippen molar-refractivity contribution in [1.29, 1.82) is 0 Å². The summed E-state index contributed by atoms with van der Waals surface area (Å²) < 4.78 is 27.2. The van der Waals surface area contributed by atoms with Crippen LogP contribution in [-0.4, -0.2) is 75.7 Å². The lowest BCUT2D eigenvalue weighted by Crippen LogP contribution is -2.35. The van der Waals surface area contributed by atoms with Gasteiger partial charge in [0.15, 0.2) is 0 Å². The highest BCUT2D eigenvalue weighted by atomic mass is 32.2. The third kappa shape index (κ3) is 6.16. The molecule has 218 valence electrons. The topological polar surface area (TPSA) is 134 Å². The second-order valence-corrected chi connectivity index (χ2v) is 14.0. The van der Waals surface area contributed by atoms with Crippen molar-refractivity contribution in [1.82, 2.24) is 0 Å². The number of nitrogens with one attached hydrogen (secondary N) is 3. The van der Waals surface area contributed by atoms with Crippen LogP contribution in [0.5, 0.6) is 0 Å². The van der Waals surface area contributed by atoms with E-state index in [9.17, 15) is 18.3 Å². The number of anilines is 5. The Bertz CT molecular complexity index is 1380. The summed E-state index contributed by atoms with van der Waals surface area (Å²) >= 11 is 0. The third-order valence-corrected chi connectivity index (χ3v) is 9.69. The van der Waals surface area contributed by atoms with Gasteiger partial charge in [0, 0.05) is 32.2 Å². The average Bonchev–Trinajstić information content (AvgIpc) is 3.55. The minimum Gasteiger partial charge on any atom is -0.395 e. The molecule has 2 aromatic carbocycles. The number of carbonyl (C=O) groups excluding carboxylic acids is 1. The van der Waals surface area contributed by atoms with E-state index in [2.05, 4.69) is 25.2 Å². The molecule has 5 rings (SSSR count). The van der Waals surface area contributed by atoms with Crippen molar-refractivity contribution in [3.05, 3.63) is 41.5 Å². The van der Waals surface area contributed by atoms with E-state index in [0.717, 1.165) is 61.5 Å². The first-order chi connectivity index (χ1) is 18.9. The molecule has 10 nitrogen and oxygen atoms in total. The van der Waals surface area contributed by atoms with Gasteiger partial charge in [-0.3, -0.25) is 9.52 Å². The number of fused-ring (bicyclic) bond motifs is 1. The number of carbonyl (C=O) groups is 1. The van der Waals surface area contributed by atoms with Crippen molar-refractivity contribution < 1.29 is 23.4 Å². The summed E-state index contributed by atoms with van der Waals surface area (Å²) in [6.45, 7) is 5.83. The predicted molar refractivity (Wildman–Crippen MR) is 160 cm³/mol. The second-order valence-electron chi connectivity index (χ2n) is 12.2. The SMILES string of the molecule is CN1CCc2cc(C(=O)Nc3ccc(NS(=O)(=O)CCO)cc3N3CCC4(CC3)CC4)cc(NC(C)(C)CO)c21. The summed E-state index contributed by atoms with van der Waals surface area (Å²) in [6, 6.07) is 8.90. The number of likely N-dealkylation sites (N-methyl/N-ethyl adjacent to an activating group) is 1. The van der Waals surface area contributed by atoms with Gasteiger partial charge in [-0.25, -0.2) is 8.42 Å². The van der Waals surface area contributed by atoms with Gasteiger partial charge in [-0.15, -0.1) is 0 Å². The molecule has 1 saturated carbocycles. The lowest BCUT2D eigenvalue weighted by atomic mass is 9.93. The van der Waals surface area contributed by atoms with E-state index in [0.29, 0.717) is 22.4 Å². The Labute approximate surface area is 236 Å². The highest BCUT2D eigenvalue weighted by molar-refractivity contribution is 7.92. The Morgan fingerprint density at radius 1 is 1.02 bits per heavy atom. The number of nitrogens with zero attached hydrogens (tertiary/aromatic N) is 2. The lowest BCUT2D eigenvalue weighted by Gasteiger charge is -2.35. The quantitative estimate of drug-likeness (QED) is 0.294. The van der Waals surface area contributed by atoms with Gasteiger partial charge < -0.3 is 30.6 Å². The predicted octanol–water partition coefficient (Wildman–Crippen LogP) is 3.23. The molecule has 5 N–H and O–H groups in total. The number of hydrogen-bond donors (Lipinski definition) is 5. The van der Waals surface area contributed by atoms with Crippen molar-refractivity contribution in [2.75, 3.05) is 70.8 Å². The van der Waals surface area contributed by atoms with Crippen LogP contribution in [0.4, 0.5) is 28.4 Å². The molecule has 2 aromatic rings. The summed E-state index contributed by atoms with van der Waals surface area (Å²) in [5.74, 6) is -0.642. The van der Waals surface area contributed by atoms with Gasteiger partial charge >= 0.3 is 0 Å². The van der Waals surface area contributed by atoms with Gasteiger partial charge in [0.25, 0.3) is 5.91 Å². The number of aliphatic hydroxyl groups is 2. The van der Waals surface area contributed by atoms with Gasteiger partial charge in [0.2, 0.25) is 10.0 Å². The number of hydrogen-bond acceptors (Lipinski definition) is 8. The van der Waals surface area contributed by atoms with Crippen molar-refractivity contribution in [2.24, 2.45) is 5.41 Å². The van der Waals surface area contributed by atoms with Crippen LogP contribution >= 0.6 is 0 Å². The first kappa shape index (κ1) is 28.5. The number of piperidine rings is 1. The molecule has 11 heteroatoms. The average molecular weight is 572 g/mol. The Hall–Kier alpha value is -3.02. The molecule has 0 unspecified atom stereocenters. The zero-order valence-corrected chi connectivity index (χ0v) is 24.4. The van der Waals surface area contributed by atoms with E-state index in [-0.39, 0.29) is 18.3 Å². The van der Waals surface area contributed by atoms with E-state index in [4.69, 9.17) is 5.11 Å². The van der Waals surface area contributed by atoms with Gasteiger partial charge in [-0.05, 0) is 87.3 Å². The van der Waals surface area contributed by atoms with Gasteiger partial charge in [-0.2, -0.15) is 0 Å². The normalized spacial score (nSPS) is 18.0. The van der Waals surface area contributed by atoms with E-state index < -0.39 is 22.2 Å². The maximum absolute atomic E-state index is 13.7. The van der Waals surface area contributed by atoms with Crippen LogP contribution < -0.4 is 25.2 Å². The van der Waals surface area contributed by atoms with Crippen molar-refractivity contribution in [3.63, 3.8) is 0 Å². The summed E-state index contributed by atoms with van der Waals surface area (Å²) in [7, 11) is -1.66. The fraction of sp³-hybridized carbons (Fsp3) is 0.552. The standard InChI is InChI=1S/C29H41N5O5S/c1-28(2,19-36)31-24-17-21(16-20-6-11-33(3)26(20)24)27(37)30-23-5-4-22(32-40(38,39)15-14-35)18-25(23)34-12-9-29(7-8-29)10-13-34/h4-5,16-18,31-32,35-36H,6-15,19H2,1-3H3,(H,30,37). The molecule has 2 heterocycles. The molecule has 3 aliphatic rings. The molecule has 0 bridgehead atoms. The summed E-state index contributed by atoms with van der Waals surface area (Å²) in [5.41, 5.74) is 5.12. The minimum atomic E-state index is -3.69. The monoisotopic (exact) mass is 571 g/mol. The minimum absolute atomic E-state index is 0.0587. The molecule has 2 fully saturated rings. The Morgan fingerprint density at radius 3 is 2.40 bits per heavy atom. The first-order valence-electron chi connectivity index (χ1n) is 14.0. The number of aliphatic hydroxyl groups excluding tert-OH is 2. The van der Waals surface area contributed by atoms with Crippen molar-refractivity contribution in [3.8, 4) is 0 Å². The maximum Gasteiger partial charge on any atom is 0.255 e. The summed E-state index contributed by atoms with van der Waals surface area (Å²) in [6.07, 6.45) is 5.51. The number of benzene rings is 2. The largest absolute Gasteiger partial charge is 0.395 e. The van der Waals surface area contributed by atoms with Crippen LogP contribution in [-0.2, 0) is 16.4 Å². The molecular weight excluding hydrogens is 530 g/mol. The lowest BCUT2D eigenvalue weighted by molar-refractivity contribution is 0.102. The smallest absolute Gasteiger partial charge is 0.255 e. The van der Waals surface area contributed by atoms with Crippen LogP contribution in [0.2, 0.25) is 0 Å². The van der Waals surface area contributed by atoms with E-state index in [1.807, 2.05) is 33.0 Å². The zero-order valence-electron chi connectivity index (χ0n) is 23.6. The Kier molecular flexibility index (Phi) is 7.66. The van der Waals surface area contributed by atoms with Gasteiger partial charge in [-0.1, -0.05) is 0 Å². The van der Waals surface area contributed by atoms with E-state index in [1.54, 1.807) is 18.2 Å². The molecule has 1 amide bonds. The molecule has 0 atom stereocenters. The molecule has 1 saturated heterocycles. The van der Waals surface area contributed by atoms with Crippen LogP contribution in [0.25, 0.3) is 0 Å². The van der Waals surface area contributed by atoms with Crippen molar-refractivity contribution in [2.45, 2.75) is 51.5 Å². The molecule has 1 aliphatic carbocycles. The molecule has 40 heavy (non-hydrogen) atoms. The number of amides is 1. The highest BCUT2D eigenvalue weighted by Gasteiger charge is 2.44. The molecular formula is C29H41N5O5S. The fourth-order valence-corrected chi connectivity index (χ4v) is 6.60. The third-order valence-electron chi connectivity index (χ3n) is 8.42. The fourth-order valence-electron chi connectivity index (χ4n) is 5.77. The molecule has 2 aliphatic heterocycles. The highest BCUT2D eigenvalue weighted by Crippen LogP contribution is 2.54. The van der Waals surface area contributed by atoms with Gasteiger partial charge in [0.05, 0.1) is 52.9 Å².